The summed E-state index contributed by atoms with van der Waals surface area (Å²) >= 11 is 0. The van der Waals surface area contributed by atoms with Crippen LogP contribution in [0.25, 0.3) is 0 Å². The largest absolute Gasteiger partial charge is 0.384 e. The molecule has 0 bridgehead atoms. The highest BCUT2D eigenvalue weighted by atomic mass is 16.1. The molecular formula is C17H19NO. The quantitative estimate of drug-likeness (QED) is 0.818. The minimum absolute atomic E-state index is 0.0398. The molecule has 0 spiro atoms. The van der Waals surface area contributed by atoms with E-state index in [4.69, 9.17) is 0 Å². The van der Waals surface area contributed by atoms with Crippen LogP contribution in [0.4, 0.5) is 5.69 Å². The first kappa shape index (κ1) is 13.3. The standard InChI is InChI=1S/C17H19NO/c1-13-8-6-7-11-16(13)18-12-14(2)17(19)15-9-4-3-5-10-15/h3-11,14,18H,12H2,1-2H3. The van der Waals surface area contributed by atoms with Crippen LogP contribution in [0.15, 0.2) is 54.6 Å². The third kappa shape index (κ3) is 3.44. The molecule has 0 saturated heterocycles. The average molecular weight is 253 g/mol. The Kier molecular flexibility index (Phi) is 4.35. The van der Waals surface area contributed by atoms with Crippen molar-refractivity contribution < 1.29 is 4.79 Å². The number of hydrogen-bond acceptors (Lipinski definition) is 2. The summed E-state index contributed by atoms with van der Waals surface area (Å²) in [5, 5.41) is 3.34. The molecule has 2 nitrogen and oxygen atoms in total. The smallest absolute Gasteiger partial charge is 0.167 e. The Morgan fingerprint density at radius 2 is 1.68 bits per heavy atom. The Bertz CT molecular complexity index is 548. The van der Waals surface area contributed by atoms with E-state index >= 15 is 0 Å². The van der Waals surface area contributed by atoms with E-state index in [1.165, 1.54) is 5.56 Å². The normalized spacial score (nSPS) is 11.9. The molecule has 0 aromatic heterocycles. The zero-order chi connectivity index (χ0) is 13.7. The summed E-state index contributed by atoms with van der Waals surface area (Å²) in [7, 11) is 0. The van der Waals surface area contributed by atoms with Gasteiger partial charge >= 0.3 is 0 Å². The molecule has 0 aliphatic carbocycles. The fourth-order valence-corrected chi connectivity index (χ4v) is 2.01. The Hall–Kier alpha value is -2.09. The van der Waals surface area contributed by atoms with Crippen LogP contribution in [-0.4, -0.2) is 12.3 Å². The number of hydrogen-bond donors (Lipinski definition) is 1. The SMILES string of the molecule is Cc1ccccc1NCC(C)C(=O)c1ccccc1. The van der Waals surface area contributed by atoms with Gasteiger partial charge in [0.05, 0.1) is 0 Å². The monoisotopic (exact) mass is 253 g/mol. The van der Waals surface area contributed by atoms with E-state index in [9.17, 15) is 4.79 Å². The first-order chi connectivity index (χ1) is 9.18. The van der Waals surface area contributed by atoms with Gasteiger partial charge in [-0.05, 0) is 18.6 Å². The predicted octanol–water partition coefficient (Wildman–Crippen LogP) is 3.93. The highest BCUT2D eigenvalue weighted by Gasteiger charge is 2.14. The number of nitrogens with one attached hydrogen (secondary N) is 1. The summed E-state index contributed by atoms with van der Waals surface area (Å²) in [6, 6.07) is 17.6. The van der Waals surface area contributed by atoms with Crippen LogP contribution >= 0.6 is 0 Å². The topological polar surface area (TPSA) is 29.1 Å². The molecule has 1 N–H and O–H groups in total. The van der Waals surface area contributed by atoms with Gasteiger partial charge in [0.15, 0.2) is 5.78 Å². The van der Waals surface area contributed by atoms with E-state index in [1.54, 1.807) is 0 Å². The summed E-state index contributed by atoms with van der Waals surface area (Å²) in [5.41, 5.74) is 3.07. The average Bonchev–Trinajstić information content (AvgIpc) is 2.46. The summed E-state index contributed by atoms with van der Waals surface area (Å²) in [6.45, 7) is 4.67. The van der Waals surface area contributed by atoms with Gasteiger partial charge in [-0.3, -0.25) is 4.79 Å². The molecule has 2 heteroatoms. The molecule has 2 aromatic carbocycles. The van der Waals surface area contributed by atoms with Crippen LogP contribution < -0.4 is 5.32 Å². The molecule has 0 amide bonds. The first-order valence-corrected chi connectivity index (χ1v) is 6.57. The van der Waals surface area contributed by atoms with Gasteiger partial charge < -0.3 is 5.32 Å². The third-order valence-corrected chi connectivity index (χ3v) is 3.25. The minimum Gasteiger partial charge on any atom is -0.384 e. The fourth-order valence-electron chi connectivity index (χ4n) is 2.01. The van der Waals surface area contributed by atoms with Gasteiger partial charge in [-0.25, -0.2) is 0 Å². The highest BCUT2D eigenvalue weighted by molar-refractivity contribution is 5.97. The summed E-state index contributed by atoms with van der Waals surface area (Å²) < 4.78 is 0. The van der Waals surface area contributed by atoms with Gasteiger partial charge in [0.2, 0.25) is 0 Å². The van der Waals surface area contributed by atoms with Gasteiger partial charge in [0, 0.05) is 23.7 Å². The van der Waals surface area contributed by atoms with Crippen molar-refractivity contribution in [1.82, 2.24) is 0 Å². The van der Waals surface area contributed by atoms with Crippen LogP contribution in [0.5, 0.6) is 0 Å². The molecule has 98 valence electrons. The van der Waals surface area contributed by atoms with Crippen molar-refractivity contribution in [2.24, 2.45) is 5.92 Å². The number of benzene rings is 2. The van der Waals surface area contributed by atoms with E-state index in [1.807, 2.05) is 55.5 Å². The molecule has 0 saturated carbocycles. The molecule has 0 radical (unpaired) electrons. The minimum atomic E-state index is -0.0398. The summed E-state index contributed by atoms with van der Waals surface area (Å²) in [4.78, 5) is 12.2. The van der Waals surface area contributed by atoms with Crippen molar-refractivity contribution in [3.8, 4) is 0 Å². The van der Waals surface area contributed by atoms with Gasteiger partial charge in [0.1, 0.15) is 0 Å². The van der Waals surface area contributed by atoms with E-state index in [0.717, 1.165) is 11.3 Å². The summed E-state index contributed by atoms with van der Waals surface area (Å²) in [5.74, 6) is 0.142. The Morgan fingerprint density at radius 1 is 1.05 bits per heavy atom. The number of carbonyl (C=O) groups is 1. The molecule has 2 rings (SSSR count). The second-order valence-corrected chi connectivity index (χ2v) is 4.83. The zero-order valence-corrected chi connectivity index (χ0v) is 11.4. The van der Waals surface area contributed by atoms with Crippen molar-refractivity contribution in [1.29, 1.82) is 0 Å². The number of carbonyl (C=O) groups excluding carboxylic acids is 1. The van der Waals surface area contributed by atoms with E-state index in [0.29, 0.717) is 6.54 Å². The molecule has 0 heterocycles. The van der Waals surface area contributed by atoms with Crippen molar-refractivity contribution in [3.05, 3.63) is 65.7 Å². The number of ketones is 1. The van der Waals surface area contributed by atoms with Gasteiger partial charge in [0.25, 0.3) is 0 Å². The fraction of sp³-hybridized carbons (Fsp3) is 0.235. The molecule has 1 atom stereocenters. The van der Waals surface area contributed by atoms with E-state index in [-0.39, 0.29) is 11.7 Å². The van der Waals surface area contributed by atoms with Gasteiger partial charge in [-0.1, -0.05) is 55.5 Å². The molecule has 19 heavy (non-hydrogen) atoms. The Labute approximate surface area is 114 Å². The van der Waals surface area contributed by atoms with Crippen LogP contribution in [0.2, 0.25) is 0 Å². The maximum Gasteiger partial charge on any atom is 0.167 e. The number of anilines is 1. The molecule has 0 fully saturated rings. The zero-order valence-electron chi connectivity index (χ0n) is 11.4. The number of para-hydroxylation sites is 1. The molecule has 2 aromatic rings. The maximum absolute atomic E-state index is 12.2. The highest BCUT2D eigenvalue weighted by Crippen LogP contribution is 2.15. The maximum atomic E-state index is 12.2. The molecular weight excluding hydrogens is 234 g/mol. The van der Waals surface area contributed by atoms with Gasteiger partial charge in [-0.2, -0.15) is 0 Å². The summed E-state index contributed by atoms with van der Waals surface area (Å²) in [6.07, 6.45) is 0. The van der Waals surface area contributed by atoms with Gasteiger partial charge in [-0.15, -0.1) is 0 Å². The van der Waals surface area contributed by atoms with Crippen LogP contribution in [0.1, 0.15) is 22.8 Å². The molecule has 0 aliphatic rings. The number of aryl methyl sites for hydroxylation is 1. The third-order valence-electron chi connectivity index (χ3n) is 3.25. The number of Topliss-reactive ketones (excluding diaryl/α,β-unsaturated/α-hetero) is 1. The lowest BCUT2D eigenvalue weighted by atomic mass is 9.99. The van der Waals surface area contributed by atoms with Crippen molar-refractivity contribution in [3.63, 3.8) is 0 Å². The van der Waals surface area contributed by atoms with E-state index < -0.39 is 0 Å². The van der Waals surface area contributed by atoms with Crippen LogP contribution in [0, 0.1) is 12.8 Å². The van der Waals surface area contributed by atoms with Crippen LogP contribution in [-0.2, 0) is 0 Å². The first-order valence-electron chi connectivity index (χ1n) is 6.57. The lowest BCUT2D eigenvalue weighted by Crippen LogP contribution is -2.20. The van der Waals surface area contributed by atoms with Crippen molar-refractivity contribution in [2.45, 2.75) is 13.8 Å². The van der Waals surface area contributed by atoms with E-state index in [2.05, 4.69) is 18.3 Å². The number of rotatable bonds is 5. The van der Waals surface area contributed by atoms with Crippen molar-refractivity contribution >= 4 is 11.5 Å². The second-order valence-electron chi connectivity index (χ2n) is 4.83. The molecule has 1 unspecified atom stereocenters. The Morgan fingerprint density at radius 3 is 2.37 bits per heavy atom. The predicted molar refractivity (Wildman–Crippen MR) is 79.6 cm³/mol. The lowest BCUT2D eigenvalue weighted by Gasteiger charge is -2.14. The second kappa shape index (κ2) is 6.19. The van der Waals surface area contributed by atoms with Crippen molar-refractivity contribution in [2.75, 3.05) is 11.9 Å². The lowest BCUT2D eigenvalue weighted by molar-refractivity contribution is 0.0936. The Balaban J connectivity index is 1.97. The van der Waals surface area contributed by atoms with Crippen LogP contribution in [0.3, 0.4) is 0 Å². The molecule has 0 aliphatic heterocycles.